The number of likely N-dealkylation sites (tertiary alicyclic amines) is 1. The number of rotatable bonds is 7. The number of carbonyl (C=O) groups excluding carboxylic acids is 2. The van der Waals surface area contributed by atoms with Gasteiger partial charge in [-0.1, -0.05) is 39.0 Å². The highest BCUT2D eigenvalue weighted by Crippen LogP contribution is 2.36. The largest absolute Gasteiger partial charge is 0.494 e. The first-order chi connectivity index (χ1) is 20.5. The van der Waals surface area contributed by atoms with Crippen molar-refractivity contribution in [3.63, 3.8) is 0 Å². The molecule has 10 nitrogen and oxygen atoms in total. The van der Waals surface area contributed by atoms with Gasteiger partial charge < -0.3 is 24.0 Å². The van der Waals surface area contributed by atoms with Gasteiger partial charge in [-0.15, -0.1) is 0 Å². The van der Waals surface area contributed by atoms with E-state index in [1.807, 2.05) is 53.9 Å². The van der Waals surface area contributed by atoms with Gasteiger partial charge in [-0.3, -0.25) is 19.9 Å². The summed E-state index contributed by atoms with van der Waals surface area (Å²) in [5.74, 6) is 1.09. The number of benzene rings is 2. The topological polar surface area (TPSA) is 99.5 Å². The molecule has 2 N–H and O–H groups in total. The Labute approximate surface area is 254 Å². The molecule has 5 rings (SSSR count). The number of para-hydroxylation sites is 1. The number of hydrogen-bond acceptors (Lipinski definition) is 7. The third-order valence-corrected chi connectivity index (χ3v) is 8.82. The van der Waals surface area contributed by atoms with E-state index in [9.17, 15) is 14.7 Å². The average molecular weight is 592 g/mol. The number of anilines is 1. The number of nitrogens with zero attached hydrogens (tertiary/aromatic N) is 4. The minimum Gasteiger partial charge on any atom is -0.494 e. The lowest BCUT2D eigenvalue weighted by Gasteiger charge is -2.37. The molecule has 2 aliphatic rings. The zero-order valence-corrected chi connectivity index (χ0v) is 26.3. The van der Waals surface area contributed by atoms with E-state index in [4.69, 9.17) is 9.47 Å². The fourth-order valence-electron chi connectivity index (χ4n) is 6.31. The second kappa shape index (κ2) is 12.6. The van der Waals surface area contributed by atoms with Crippen LogP contribution in [0.15, 0.2) is 36.4 Å². The quantitative estimate of drug-likeness (QED) is 0.422. The number of aromatic nitrogens is 1. The van der Waals surface area contributed by atoms with Crippen LogP contribution in [-0.4, -0.2) is 89.3 Å². The molecule has 2 aromatic carbocycles. The number of ether oxygens (including phenoxy) is 2. The zero-order chi connectivity index (χ0) is 30.9. The first-order valence-electron chi connectivity index (χ1n) is 15.1. The molecule has 0 spiro atoms. The lowest BCUT2D eigenvalue weighted by Crippen LogP contribution is -2.52. The summed E-state index contributed by atoms with van der Waals surface area (Å²) < 4.78 is 13.2. The summed E-state index contributed by atoms with van der Waals surface area (Å²) in [7, 11) is 5.45. The Hall–Kier alpha value is -3.60. The van der Waals surface area contributed by atoms with Gasteiger partial charge >= 0.3 is 6.09 Å². The van der Waals surface area contributed by atoms with Crippen molar-refractivity contribution in [3.8, 4) is 11.6 Å². The van der Waals surface area contributed by atoms with Gasteiger partial charge in [0.05, 0.1) is 31.0 Å². The number of nitrogens with one attached hydrogen (secondary N) is 1. The number of likely N-dealkylation sites (N-methyl/N-ethyl adjacent to an activating group) is 1. The molecule has 1 aromatic heterocycles. The molecule has 1 atom stereocenters. The minimum atomic E-state index is -0.644. The van der Waals surface area contributed by atoms with E-state index in [0.29, 0.717) is 22.9 Å². The number of fused-ring (bicyclic) bond motifs is 1. The van der Waals surface area contributed by atoms with Gasteiger partial charge in [-0.2, -0.15) is 0 Å². The molecule has 2 aliphatic heterocycles. The van der Waals surface area contributed by atoms with Crippen LogP contribution in [0.4, 0.5) is 10.5 Å². The first-order valence-corrected chi connectivity index (χ1v) is 15.1. The van der Waals surface area contributed by atoms with E-state index in [-0.39, 0.29) is 24.0 Å². The van der Waals surface area contributed by atoms with Gasteiger partial charge in [0, 0.05) is 56.8 Å². The van der Waals surface area contributed by atoms with E-state index in [1.54, 1.807) is 0 Å². The van der Waals surface area contributed by atoms with Crippen LogP contribution in [-0.2, 0) is 30.4 Å². The summed E-state index contributed by atoms with van der Waals surface area (Å²) in [5.41, 5.74) is 3.94. The maximum atomic E-state index is 13.1. The summed E-state index contributed by atoms with van der Waals surface area (Å²) in [6.07, 6.45) is 1.40. The van der Waals surface area contributed by atoms with Crippen LogP contribution < -0.4 is 14.8 Å². The monoisotopic (exact) mass is 591 g/mol. The van der Waals surface area contributed by atoms with Gasteiger partial charge in [0.15, 0.2) is 0 Å². The van der Waals surface area contributed by atoms with E-state index in [0.717, 1.165) is 74.1 Å². The Morgan fingerprint density at radius 2 is 1.77 bits per heavy atom. The van der Waals surface area contributed by atoms with E-state index in [1.165, 1.54) is 7.11 Å². The number of aryl methyl sites for hydroxylation is 1. The van der Waals surface area contributed by atoms with Gasteiger partial charge in [0.2, 0.25) is 11.8 Å². The third-order valence-electron chi connectivity index (χ3n) is 8.82. The molecule has 0 unspecified atom stereocenters. The van der Waals surface area contributed by atoms with Crippen LogP contribution in [0.2, 0.25) is 0 Å². The molecule has 0 aliphatic carbocycles. The molecule has 2 saturated heterocycles. The number of amides is 2. The third kappa shape index (κ3) is 6.51. The highest BCUT2D eigenvalue weighted by molar-refractivity contribution is 5.91. The van der Waals surface area contributed by atoms with Crippen molar-refractivity contribution in [2.24, 2.45) is 7.05 Å². The normalized spacial score (nSPS) is 18.3. The van der Waals surface area contributed by atoms with Crippen molar-refractivity contribution in [3.05, 3.63) is 53.1 Å². The summed E-state index contributed by atoms with van der Waals surface area (Å²) >= 11 is 0. The fraction of sp³-hybridized carbons (Fsp3) is 0.515. The van der Waals surface area contributed by atoms with Crippen molar-refractivity contribution in [1.29, 1.82) is 0 Å². The number of methoxy groups -OCH3 is 1. The lowest BCUT2D eigenvalue weighted by molar-refractivity contribution is -0.137. The molecule has 0 radical (unpaired) electrons. The first kappa shape index (κ1) is 30.8. The fourth-order valence-corrected chi connectivity index (χ4v) is 6.31. The second-order valence-corrected chi connectivity index (χ2v) is 12.8. The van der Waals surface area contributed by atoms with Crippen molar-refractivity contribution in [1.82, 2.24) is 19.3 Å². The average Bonchev–Trinajstić information content (AvgIpc) is 3.54. The van der Waals surface area contributed by atoms with Crippen LogP contribution >= 0.6 is 0 Å². The van der Waals surface area contributed by atoms with Crippen molar-refractivity contribution >= 4 is 28.6 Å². The molecule has 0 bridgehead atoms. The molecule has 3 aromatic rings. The Balaban J connectivity index is 1.28. The number of hydrogen-bond donors (Lipinski definition) is 2. The van der Waals surface area contributed by atoms with Gasteiger partial charge in [-0.05, 0) is 55.1 Å². The Morgan fingerprint density at radius 1 is 1.02 bits per heavy atom. The van der Waals surface area contributed by atoms with Crippen molar-refractivity contribution < 1.29 is 24.2 Å². The van der Waals surface area contributed by atoms with E-state index in [2.05, 4.69) is 42.0 Å². The van der Waals surface area contributed by atoms with Gasteiger partial charge in [0.1, 0.15) is 5.75 Å². The zero-order valence-electron chi connectivity index (χ0n) is 26.3. The molecular formula is C33H45N5O5. The summed E-state index contributed by atoms with van der Waals surface area (Å²) in [6.45, 7) is 10.8. The molecule has 10 heteroatoms. The lowest BCUT2D eigenvalue weighted by atomic mass is 9.85. The van der Waals surface area contributed by atoms with E-state index >= 15 is 0 Å². The van der Waals surface area contributed by atoms with Gasteiger partial charge in [-0.25, -0.2) is 4.79 Å². The number of piperazine rings is 1. The maximum absolute atomic E-state index is 13.1. The number of aliphatic hydroxyl groups excluding tert-OH is 1. The van der Waals surface area contributed by atoms with Gasteiger partial charge in [0.25, 0.3) is 0 Å². The molecule has 2 amide bonds. The molecule has 3 heterocycles. The highest BCUT2D eigenvalue weighted by Gasteiger charge is 2.33. The van der Waals surface area contributed by atoms with Crippen molar-refractivity contribution in [2.45, 2.75) is 58.2 Å². The van der Waals surface area contributed by atoms with Crippen LogP contribution in [0.1, 0.15) is 50.3 Å². The Morgan fingerprint density at radius 3 is 2.40 bits per heavy atom. The highest BCUT2D eigenvalue weighted by atomic mass is 16.6. The number of aliphatic hydroxyl groups is 1. The predicted octanol–water partition coefficient (Wildman–Crippen LogP) is 4.33. The maximum Gasteiger partial charge on any atom is 0.418 e. The summed E-state index contributed by atoms with van der Waals surface area (Å²) in [6, 6.07) is 11.8. The standard InChI is InChI=1S/C33H45N5O5/c1-33(2,3)25-17-24(21-39)30(42-6)26(19-25)34-32(41)43-28-18-22-9-7-10-23(29(22)36(28)5)20-37-13-15-38(16-14-37)31(40)27-11-8-12-35(27)4/h7,9-10,17-19,27,39H,8,11-16,20-21H2,1-6H3,(H,34,41)/t27-/m0/s1. The summed E-state index contributed by atoms with van der Waals surface area (Å²) in [4.78, 5) is 32.7. The molecule has 0 saturated carbocycles. The molecule has 232 valence electrons. The minimum absolute atomic E-state index is 0.0273. The second-order valence-electron chi connectivity index (χ2n) is 12.8. The van der Waals surface area contributed by atoms with Crippen LogP contribution in [0.25, 0.3) is 10.9 Å². The van der Waals surface area contributed by atoms with Crippen LogP contribution in [0, 0.1) is 0 Å². The van der Waals surface area contributed by atoms with Crippen LogP contribution in [0.3, 0.4) is 0 Å². The Kier molecular flexibility index (Phi) is 9.01. The predicted molar refractivity (Wildman–Crippen MR) is 168 cm³/mol. The van der Waals surface area contributed by atoms with Crippen molar-refractivity contribution in [2.75, 3.05) is 52.2 Å². The van der Waals surface area contributed by atoms with Crippen LogP contribution in [0.5, 0.6) is 11.6 Å². The SMILES string of the molecule is COc1c(CO)cc(C(C)(C)C)cc1NC(=O)Oc1cc2cccc(CN3CCN(C(=O)[C@@H]4CCCN4C)CC3)c2n1C. The Bertz CT molecular complexity index is 1490. The molecule has 2 fully saturated rings. The molecule has 43 heavy (non-hydrogen) atoms. The summed E-state index contributed by atoms with van der Waals surface area (Å²) in [5, 5.41) is 13.7. The smallest absolute Gasteiger partial charge is 0.418 e. The number of carbonyl (C=O) groups is 2. The molecular weight excluding hydrogens is 546 g/mol. The van der Waals surface area contributed by atoms with E-state index < -0.39 is 6.09 Å².